The van der Waals surface area contributed by atoms with Crippen molar-refractivity contribution in [2.24, 2.45) is 0 Å². The average Bonchev–Trinajstić information content (AvgIpc) is 2.23. The molecule has 0 aromatic heterocycles. The van der Waals surface area contributed by atoms with Crippen LogP contribution in [0.15, 0.2) is 35.2 Å². The Morgan fingerprint density at radius 2 is 1.94 bits per heavy atom. The molecule has 6 heteroatoms. The van der Waals surface area contributed by atoms with Gasteiger partial charge in [-0.05, 0) is 11.6 Å². The van der Waals surface area contributed by atoms with E-state index in [0.29, 0.717) is 5.56 Å². The number of sulfone groups is 1. The van der Waals surface area contributed by atoms with Crippen LogP contribution in [0, 0.1) is 0 Å². The SMILES string of the molecule is CS(=O)(=O)/C(=C\c1ccccc1)COC(=O)Cl. The molecule has 0 atom stereocenters. The lowest BCUT2D eigenvalue weighted by molar-refractivity contribution is 0.185. The van der Waals surface area contributed by atoms with Crippen molar-refractivity contribution in [1.82, 2.24) is 0 Å². The minimum Gasteiger partial charge on any atom is -0.448 e. The molecular weight excluding hydrogens is 264 g/mol. The average molecular weight is 275 g/mol. The van der Waals surface area contributed by atoms with Crippen LogP contribution in [0.1, 0.15) is 5.56 Å². The molecule has 0 saturated carbocycles. The van der Waals surface area contributed by atoms with E-state index in [4.69, 9.17) is 11.6 Å². The van der Waals surface area contributed by atoms with Gasteiger partial charge in [-0.2, -0.15) is 0 Å². The summed E-state index contributed by atoms with van der Waals surface area (Å²) in [6, 6.07) is 8.86. The maximum absolute atomic E-state index is 11.4. The topological polar surface area (TPSA) is 60.4 Å². The Morgan fingerprint density at radius 3 is 2.41 bits per heavy atom. The van der Waals surface area contributed by atoms with Crippen molar-refractivity contribution in [3.63, 3.8) is 0 Å². The monoisotopic (exact) mass is 274 g/mol. The van der Waals surface area contributed by atoms with Crippen LogP contribution in [-0.4, -0.2) is 26.7 Å². The van der Waals surface area contributed by atoms with Gasteiger partial charge in [-0.3, -0.25) is 0 Å². The van der Waals surface area contributed by atoms with Gasteiger partial charge in [-0.15, -0.1) is 0 Å². The van der Waals surface area contributed by atoms with Crippen molar-refractivity contribution < 1.29 is 17.9 Å². The number of benzene rings is 1. The first kappa shape index (κ1) is 13.7. The Hall–Kier alpha value is -1.33. The first-order valence-electron chi connectivity index (χ1n) is 4.67. The molecule has 0 fully saturated rings. The van der Waals surface area contributed by atoms with Gasteiger partial charge in [-0.25, -0.2) is 13.2 Å². The Kier molecular flexibility index (Phi) is 4.72. The Balaban J connectivity index is 2.99. The summed E-state index contributed by atoms with van der Waals surface area (Å²) in [5.41, 5.74) is -0.328. The van der Waals surface area contributed by atoms with E-state index in [1.54, 1.807) is 24.3 Å². The van der Waals surface area contributed by atoms with Gasteiger partial charge in [0.25, 0.3) is 0 Å². The van der Waals surface area contributed by atoms with Gasteiger partial charge in [0, 0.05) is 17.9 Å². The van der Waals surface area contributed by atoms with Crippen molar-refractivity contribution in [2.45, 2.75) is 0 Å². The fourth-order valence-electron chi connectivity index (χ4n) is 1.12. The molecule has 4 nitrogen and oxygen atoms in total. The predicted octanol–water partition coefficient (Wildman–Crippen LogP) is 2.45. The number of hydrogen-bond acceptors (Lipinski definition) is 4. The van der Waals surface area contributed by atoms with E-state index in [9.17, 15) is 13.2 Å². The van der Waals surface area contributed by atoms with Crippen molar-refractivity contribution in [2.75, 3.05) is 12.9 Å². The highest BCUT2D eigenvalue weighted by Crippen LogP contribution is 2.12. The molecule has 0 amide bonds. The van der Waals surface area contributed by atoms with Crippen molar-refractivity contribution in [3.05, 3.63) is 40.8 Å². The zero-order valence-corrected chi connectivity index (χ0v) is 10.7. The molecule has 0 heterocycles. The Morgan fingerprint density at radius 1 is 1.35 bits per heavy atom. The molecule has 0 aliphatic heterocycles. The second-order valence-corrected chi connectivity index (χ2v) is 5.70. The van der Waals surface area contributed by atoms with Crippen LogP contribution in [-0.2, 0) is 14.6 Å². The lowest BCUT2D eigenvalue weighted by atomic mass is 10.2. The number of carbonyl (C=O) groups is 1. The predicted molar refractivity (Wildman–Crippen MR) is 66.5 cm³/mol. The molecule has 1 rings (SSSR count). The fourth-order valence-corrected chi connectivity index (χ4v) is 1.80. The van der Waals surface area contributed by atoms with Gasteiger partial charge in [0.05, 0.1) is 4.91 Å². The minimum absolute atomic E-state index is 0.00213. The summed E-state index contributed by atoms with van der Waals surface area (Å²) in [5, 5.41) is 0. The summed E-state index contributed by atoms with van der Waals surface area (Å²) in [4.78, 5) is 10.4. The largest absolute Gasteiger partial charge is 0.448 e. The normalized spacial score (nSPS) is 12.2. The maximum Gasteiger partial charge on any atom is 0.404 e. The first-order chi connectivity index (χ1) is 7.89. The quantitative estimate of drug-likeness (QED) is 0.791. The summed E-state index contributed by atoms with van der Waals surface area (Å²) < 4.78 is 27.4. The lowest BCUT2D eigenvalue weighted by Crippen LogP contribution is -2.09. The van der Waals surface area contributed by atoms with Gasteiger partial charge in [0.15, 0.2) is 9.84 Å². The van der Waals surface area contributed by atoms with Gasteiger partial charge < -0.3 is 4.74 Å². The number of hydrogen-bond donors (Lipinski definition) is 0. The smallest absolute Gasteiger partial charge is 0.404 e. The van der Waals surface area contributed by atoms with Crippen LogP contribution in [0.2, 0.25) is 0 Å². The molecule has 0 bridgehead atoms. The van der Waals surface area contributed by atoms with Gasteiger partial charge >= 0.3 is 5.43 Å². The molecule has 0 saturated heterocycles. The van der Waals surface area contributed by atoms with Crippen molar-refractivity contribution in [3.8, 4) is 0 Å². The van der Waals surface area contributed by atoms with Gasteiger partial charge in [0.2, 0.25) is 0 Å². The fraction of sp³-hybridized carbons (Fsp3) is 0.182. The first-order valence-corrected chi connectivity index (χ1v) is 6.94. The molecule has 0 aliphatic carbocycles. The zero-order chi connectivity index (χ0) is 12.9. The Labute approximate surface area is 105 Å². The summed E-state index contributed by atoms with van der Waals surface area (Å²) in [5.74, 6) is 0. The van der Waals surface area contributed by atoms with Gasteiger partial charge in [-0.1, -0.05) is 30.3 Å². The molecule has 0 N–H and O–H groups in total. The van der Waals surface area contributed by atoms with E-state index < -0.39 is 15.3 Å². The highest BCUT2D eigenvalue weighted by molar-refractivity contribution is 7.94. The van der Waals surface area contributed by atoms with E-state index in [2.05, 4.69) is 4.74 Å². The molecule has 0 radical (unpaired) electrons. The minimum atomic E-state index is -3.43. The molecular formula is C11H11ClO4S. The molecule has 17 heavy (non-hydrogen) atoms. The number of halogens is 1. The van der Waals surface area contributed by atoms with E-state index in [1.807, 2.05) is 6.07 Å². The summed E-state index contributed by atoms with van der Waals surface area (Å²) in [6.45, 7) is -0.365. The van der Waals surface area contributed by atoms with Crippen LogP contribution in [0.3, 0.4) is 0 Å². The highest BCUT2D eigenvalue weighted by Gasteiger charge is 2.13. The second kappa shape index (κ2) is 5.84. The molecule has 0 spiro atoms. The van der Waals surface area contributed by atoms with E-state index in [0.717, 1.165) is 6.26 Å². The second-order valence-electron chi connectivity index (χ2n) is 3.32. The van der Waals surface area contributed by atoms with E-state index in [-0.39, 0.29) is 11.5 Å². The highest BCUT2D eigenvalue weighted by atomic mass is 35.5. The molecule has 1 aromatic rings. The molecule has 1 aromatic carbocycles. The van der Waals surface area contributed by atoms with Crippen LogP contribution >= 0.6 is 11.6 Å². The summed E-state index contributed by atoms with van der Waals surface area (Å²) in [7, 11) is -3.43. The van der Waals surface area contributed by atoms with E-state index in [1.165, 1.54) is 6.08 Å². The number of ether oxygens (including phenoxy) is 1. The third-order valence-corrected chi connectivity index (χ3v) is 3.23. The summed E-state index contributed by atoms with van der Waals surface area (Å²) >= 11 is 4.99. The van der Waals surface area contributed by atoms with Gasteiger partial charge in [0.1, 0.15) is 6.61 Å². The number of rotatable bonds is 4. The zero-order valence-electron chi connectivity index (χ0n) is 9.09. The van der Waals surface area contributed by atoms with Crippen molar-refractivity contribution >= 4 is 32.9 Å². The third kappa shape index (κ3) is 5.01. The standard InChI is InChI=1S/C11H11ClO4S/c1-17(14,15)10(8-16-11(12)13)7-9-5-3-2-4-6-9/h2-7H,8H2,1H3/b10-7-. The van der Waals surface area contributed by atoms with Crippen LogP contribution in [0.25, 0.3) is 6.08 Å². The Bertz CT molecular complexity index is 520. The van der Waals surface area contributed by atoms with Crippen LogP contribution in [0.4, 0.5) is 4.79 Å². The maximum atomic E-state index is 11.4. The van der Waals surface area contributed by atoms with Crippen LogP contribution < -0.4 is 0 Å². The molecule has 92 valence electrons. The molecule has 0 unspecified atom stereocenters. The summed E-state index contributed by atoms with van der Waals surface area (Å²) in [6.07, 6.45) is 2.49. The molecule has 0 aliphatic rings. The van der Waals surface area contributed by atoms with Crippen molar-refractivity contribution in [1.29, 1.82) is 0 Å². The number of carbonyl (C=O) groups excluding carboxylic acids is 1. The third-order valence-electron chi connectivity index (χ3n) is 1.93. The lowest BCUT2D eigenvalue weighted by Gasteiger charge is -2.05. The van der Waals surface area contributed by atoms with Crippen LogP contribution in [0.5, 0.6) is 0 Å². The van der Waals surface area contributed by atoms with E-state index >= 15 is 0 Å².